The van der Waals surface area contributed by atoms with Crippen LogP contribution >= 0.6 is 0 Å². The van der Waals surface area contributed by atoms with Crippen LogP contribution in [0.25, 0.3) is 0 Å². The average Bonchev–Trinajstić information content (AvgIpc) is 3.35. The van der Waals surface area contributed by atoms with E-state index in [-0.39, 0.29) is 68.5 Å². The first-order valence-electron chi connectivity index (χ1n) is 15.4. The van der Waals surface area contributed by atoms with Crippen LogP contribution in [0.4, 0.5) is 0 Å². The Labute approximate surface area is 239 Å². The standard InChI is InChI=1S/C34H45N3O3/c1-21-24-7-8-32(5)26(31(24,4)17-23(19-35)28(21)39)15-25(38)27-22-16-30(2,3)9-11-34(18-22,12-10-33(27,32)6)29(40)37-14-13-36-20-37/h13-14,17,20-22,24,26-27H,7-12,15-16,18H2,1-6H3/t21-,22?,24-,26+,27?,31-,32+,33+,34-/m0/s1. The van der Waals surface area contributed by atoms with Gasteiger partial charge in [-0.15, -0.1) is 0 Å². The minimum Gasteiger partial charge on any atom is -0.299 e. The Morgan fingerprint density at radius 2 is 1.75 bits per heavy atom. The van der Waals surface area contributed by atoms with Crippen molar-refractivity contribution in [3.63, 3.8) is 0 Å². The molecule has 0 radical (unpaired) electrons. The zero-order valence-electron chi connectivity index (χ0n) is 25.1. The normalized spacial score (nSPS) is 46.0. The highest BCUT2D eigenvalue weighted by atomic mass is 16.2. The number of fused-ring (bicyclic) bond motifs is 8. The molecule has 40 heavy (non-hydrogen) atoms. The Hall–Kier alpha value is -2.55. The molecule has 2 bridgehead atoms. The van der Waals surface area contributed by atoms with Crippen LogP contribution in [0, 0.1) is 68.0 Å². The first-order chi connectivity index (χ1) is 18.7. The number of carbonyl (C=O) groups is 3. The smallest absolute Gasteiger partial charge is 0.238 e. The summed E-state index contributed by atoms with van der Waals surface area (Å²) in [6, 6.07) is 2.20. The molecule has 6 heteroatoms. The maximum absolute atomic E-state index is 14.6. The minimum atomic E-state index is -0.494. The second-order valence-electron chi connectivity index (χ2n) is 15.8. The molecule has 9 atom stereocenters. The maximum atomic E-state index is 14.6. The minimum absolute atomic E-state index is 0.0403. The lowest BCUT2D eigenvalue weighted by Crippen LogP contribution is -2.64. The Morgan fingerprint density at radius 1 is 1.02 bits per heavy atom. The second kappa shape index (κ2) is 8.73. The zero-order chi connectivity index (χ0) is 28.9. The Balaban J connectivity index is 1.48. The average molecular weight is 544 g/mol. The van der Waals surface area contributed by atoms with Crippen molar-refractivity contribution in [3.05, 3.63) is 30.4 Å². The van der Waals surface area contributed by atoms with E-state index < -0.39 is 5.41 Å². The van der Waals surface area contributed by atoms with E-state index in [0.717, 1.165) is 51.4 Å². The van der Waals surface area contributed by atoms with E-state index in [1.807, 2.05) is 13.0 Å². The molecule has 0 N–H and O–H groups in total. The summed E-state index contributed by atoms with van der Waals surface area (Å²) in [6.45, 7) is 13.6. The summed E-state index contributed by atoms with van der Waals surface area (Å²) in [5.41, 5.74) is -0.936. The number of carbonyl (C=O) groups excluding carboxylic acids is 3. The van der Waals surface area contributed by atoms with Crippen molar-refractivity contribution in [2.45, 2.75) is 99.3 Å². The Morgan fingerprint density at radius 3 is 2.42 bits per heavy atom. The van der Waals surface area contributed by atoms with Crippen molar-refractivity contribution in [1.29, 1.82) is 5.26 Å². The van der Waals surface area contributed by atoms with Crippen LogP contribution in [0.3, 0.4) is 0 Å². The molecule has 4 fully saturated rings. The molecule has 4 saturated carbocycles. The molecular weight excluding hydrogens is 498 g/mol. The fourth-order valence-electron chi connectivity index (χ4n) is 11.2. The molecule has 2 unspecified atom stereocenters. The van der Waals surface area contributed by atoms with Crippen molar-refractivity contribution in [2.75, 3.05) is 0 Å². The summed E-state index contributed by atoms with van der Waals surface area (Å²) >= 11 is 0. The van der Waals surface area contributed by atoms with E-state index in [2.05, 4.69) is 45.7 Å². The third-order valence-electron chi connectivity index (χ3n) is 13.4. The number of allylic oxidation sites excluding steroid dienone is 2. The van der Waals surface area contributed by atoms with Gasteiger partial charge in [0.25, 0.3) is 0 Å². The summed E-state index contributed by atoms with van der Waals surface area (Å²) < 4.78 is 1.68. The number of imidazole rings is 1. The molecule has 5 aliphatic rings. The topological polar surface area (TPSA) is 92.8 Å². The third kappa shape index (κ3) is 3.58. The predicted molar refractivity (Wildman–Crippen MR) is 152 cm³/mol. The monoisotopic (exact) mass is 543 g/mol. The molecule has 0 aromatic carbocycles. The van der Waals surface area contributed by atoms with Crippen molar-refractivity contribution >= 4 is 17.5 Å². The van der Waals surface area contributed by atoms with Gasteiger partial charge in [-0.2, -0.15) is 5.26 Å². The predicted octanol–water partition coefficient (Wildman–Crippen LogP) is 6.82. The first-order valence-corrected chi connectivity index (χ1v) is 15.4. The van der Waals surface area contributed by atoms with Crippen molar-refractivity contribution < 1.29 is 14.4 Å². The molecule has 6 nitrogen and oxygen atoms in total. The van der Waals surface area contributed by atoms with Crippen LogP contribution < -0.4 is 0 Å². The van der Waals surface area contributed by atoms with E-state index in [0.29, 0.717) is 12.2 Å². The third-order valence-corrected chi connectivity index (χ3v) is 13.4. The zero-order valence-corrected chi connectivity index (χ0v) is 25.1. The molecule has 0 aliphatic heterocycles. The quantitative estimate of drug-likeness (QED) is 0.387. The number of nitrogens with zero attached hydrogens (tertiary/aromatic N) is 3. The SMILES string of the molecule is C[C@@H]1C(=O)C(C#N)=C[C@]2(C)[C@H]3CC(=O)C4C5CC(C)(C)CC[C@](C(=O)n6ccnc6)(CC[C@@]4(C)[C@]3(C)CC[C@@H]12)C5. The lowest BCUT2D eigenvalue weighted by atomic mass is 9.36. The molecule has 214 valence electrons. The fraction of sp³-hybridized carbons (Fsp3) is 0.735. The number of rotatable bonds is 1. The van der Waals surface area contributed by atoms with Gasteiger partial charge >= 0.3 is 0 Å². The van der Waals surface area contributed by atoms with E-state index in [1.54, 1.807) is 23.3 Å². The lowest BCUT2D eigenvalue weighted by Gasteiger charge is -2.67. The molecule has 0 amide bonds. The van der Waals surface area contributed by atoms with Gasteiger partial charge in [0.1, 0.15) is 18.2 Å². The molecule has 0 saturated heterocycles. The Kier molecular flexibility index (Phi) is 6.02. The first kappa shape index (κ1) is 27.6. The van der Waals surface area contributed by atoms with Gasteiger partial charge in [-0.25, -0.2) is 4.98 Å². The van der Waals surface area contributed by atoms with E-state index in [9.17, 15) is 19.6 Å². The van der Waals surface area contributed by atoms with Crippen LogP contribution in [0.5, 0.6) is 0 Å². The number of hydrogen-bond donors (Lipinski definition) is 0. The number of hydrogen-bond acceptors (Lipinski definition) is 5. The van der Waals surface area contributed by atoms with E-state index >= 15 is 0 Å². The highest BCUT2D eigenvalue weighted by molar-refractivity contribution is 6.01. The van der Waals surface area contributed by atoms with Gasteiger partial charge in [0.2, 0.25) is 5.91 Å². The number of nitriles is 1. The van der Waals surface area contributed by atoms with E-state index in [1.165, 1.54) is 0 Å². The number of ketones is 2. The van der Waals surface area contributed by atoms with Crippen LogP contribution in [-0.2, 0) is 9.59 Å². The van der Waals surface area contributed by atoms with Crippen molar-refractivity contribution in [2.24, 2.45) is 56.7 Å². The molecule has 5 aliphatic carbocycles. The largest absolute Gasteiger partial charge is 0.299 e. The van der Waals surface area contributed by atoms with Crippen LogP contribution in [0.1, 0.15) is 104 Å². The molecule has 1 heterocycles. The van der Waals surface area contributed by atoms with Gasteiger partial charge in [-0.05, 0) is 90.8 Å². The molecule has 1 aromatic heterocycles. The summed E-state index contributed by atoms with van der Waals surface area (Å²) in [7, 11) is 0. The van der Waals surface area contributed by atoms with Gasteiger partial charge in [0.15, 0.2) is 5.78 Å². The van der Waals surface area contributed by atoms with Crippen LogP contribution in [0.15, 0.2) is 30.4 Å². The fourth-order valence-corrected chi connectivity index (χ4v) is 11.2. The number of aromatic nitrogens is 2. The summed E-state index contributed by atoms with van der Waals surface area (Å²) in [5.74, 6) is 0.531. The molecule has 6 rings (SSSR count). The number of Topliss-reactive ketones (excluding diaryl/α,β-unsaturated/α-hetero) is 2. The Bertz CT molecular complexity index is 1340. The van der Waals surface area contributed by atoms with Gasteiger partial charge in [0.05, 0.1) is 11.0 Å². The second-order valence-corrected chi connectivity index (χ2v) is 15.8. The van der Waals surface area contributed by atoms with Crippen molar-refractivity contribution in [1.82, 2.24) is 9.55 Å². The molecule has 0 spiro atoms. The summed E-state index contributed by atoms with van der Waals surface area (Å²) in [5, 5.41) is 9.86. The van der Waals surface area contributed by atoms with Crippen LogP contribution in [-0.4, -0.2) is 27.0 Å². The highest BCUT2D eigenvalue weighted by Crippen LogP contribution is 2.73. The maximum Gasteiger partial charge on any atom is 0.238 e. The lowest BCUT2D eigenvalue weighted by molar-refractivity contribution is -0.188. The van der Waals surface area contributed by atoms with Crippen molar-refractivity contribution in [3.8, 4) is 6.07 Å². The van der Waals surface area contributed by atoms with E-state index in [4.69, 9.17) is 0 Å². The highest BCUT2D eigenvalue weighted by Gasteiger charge is 2.69. The molecular formula is C34H45N3O3. The van der Waals surface area contributed by atoms with Crippen LogP contribution in [0.2, 0.25) is 0 Å². The van der Waals surface area contributed by atoms with Gasteiger partial charge in [0, 0.05) is 30.7 Å². The van der Waals surface area contributed by atoms with Gasteiger partial charge in [-0.1, -0.05) is 47.6 Å². The molecule has 1 aromatic rings. The van der Waals surface area contributed by atoms with Gasteiger partial charge in [-0.3, -0.25) is 19.0 Å². The van der Waals surface area contributed by atoms with Gasteiger partial charge < -0.3 is 0 Å². The summed E-state index contributed by atoms with van der Waals surface area (Å²) in [4.78, 5) is 46.0. The summed E-state index contributed by atoms with van der Waals surface area (Å²) in [6.07, 6.45) is 14.6.